The molecule has 0 aliphatic heterocycles. The van der Waals surface area contributed by atoms with E-state index < -0.39 is 36.4 Å². The van der Waals surface area contributed by atoms with Gasteiger partial charge in [0.25, 0.3) is 5.56 Å². The molecule has 0 aliphatic carbocycles. The summed E-state index contributed by atoms with van der Waals surface area (Å²) in [7, 11) is 0. The average molecular weight is 417 g/mol. The van der Waals surface area contributed by atoms with Gasteiger partial charge in [0.15, 0.2) is 16.8 Å². The SMILES string of the molecule is Nc1nc2c(ncn2COCCO)c(=O)[nH]1.O=C(O)CC(O)(CC(=O)O)C(=O)O. The molecule has 29 heavy (non-hydrogen) atoms. The minimum atomic E-state index is -2.74. The number of nitrogens with zero attached hydrogens (tertiary/aromatic N) is 3. The Balaban J connectivity index is 0.000000298. The number of carboxylic acids is 3. The highest BCUT2D eigenvalue weighted by Crippen LogP contribution is 2.15. The van der Waals surface area contributed by atoms with Crippen molar-refractivity contribution in [3.05, 3.63) is 16.7 Å². The van der Waals surface area contributed by atoms with Crippen molar-refractivity contribution in [1.82, 2.24) is 19.5 Å². The van der Waals surface area contributed by atoms with Crippen molar-refractivity contribution in [2.45, 2.75) is 25.2 Å². The quantitative estimate of drug-likeness (QED) is 0.207. The van der Waals surface area contributed by atoms with Gasteiger partial charge in [0.05, 0.1) is 32.4 Å². The first-order chi connectivity index (χ1) is 13.5. The van der Waals surface area contributed by atoms with Gasteiger partial charge in [-0.15, -0.1) is 0 Å². The fourth-order valence-corrected chi connectivity index (χ4v) is 2.01. The second-order valence-electron chi connectivity index (χ2n) is 5.58. The van der Waals surface area contributed by atoms with Crippen LogP contribution in [0.1, 0.15) is 12.8 Å². The molecule has 2 aromatic heterocycles. The zero-order valence-electron chi connectivity index (χ0n) is 14.8. The molecule has 15 nitrogen and oxygen atoms in total. The molecule has 0 amide bonds. The minimum Gasteiger partial charge on any atom is -0.481 e. The Morgan fingerprint density at radius 2 is 1.79 bits per heavy atom. The van der Waals surface area contributed by atoms with Crippen molar-refractivity contribution >= 4 is 35.0 Å². The number of aliphatic carboxylic acids is 3. The number of aromatic amines is 1. The third-order valence-corrected chi connectivity index (χ3v) is 3.24. The smallest absolute Gasteiger partial charge is 0.336 e. The van der Waals surface area contributed by atoms with Gasteiger partial charge >= 0.3 is 17.9 Å². The third-order valence-electron chi connectivity index (χ3n) is 3.24. The van der Waals surface area contributed by atoms with E-state index in [4.69, 9.17) is 36.0 Å². The first-order valence-electron chi connectivity index (χ1n) is 7.78. The molecule has 2 heterocycles. The Hall–Kier alpha value is -3.56. The molecule has 0 aromatic carbocycles. The summed E-state index contributed by atoms with van der Waals surface area (Å²) < 4.78 is 6.63. The number of carboxylic acid groups (broad SMARTS) is 3. The molecular weight excluding hydrogens is 398 g/mol. The number of hydrogen-bond donors (Lipinski definition) is 7. The van der Waals surface area contributed by atoms with Crippen LogP contribution in [0, 0.1) is 0 Å². The van der Waals surface area contributed by atoms with Gasteiger partial charge in [0, 0.05) is 0 Å². The van der Waals surface area contributed by atoms with Gasteiger partial charge in [0.1, 0.15) is 6.73 Å². The Bertz CT molecular complexity index is 921. The molecule has 15 heteroatoms. The topological polar surface area (TPSA) is 251 Å². The predicted octanol–water partition coefficient (Wildman–Crippen LogP) is -2.58. The number of aromatic nitrogens is 4. The van der Waals surface area contributed by atoms with E-state index in [2.05, 4.69) is 15.0 Å². The molecule has 0 atom stereocenters. The fourth-order valence-electron chi connectivity index (χ4n) is 2.01. The summed E-state index contributed by atoms with van der Waals surface area (Å²) >= 11 is 0. The highest BCUT2D eigenvalue weighted by molar-refractivity contribution is 5.88. The number of aliphatic hydroxyl groups excluding tert-OH is 1. The molecule has 0 fully saturated rings. The van der Waals surface area contributed by atoms with Crippen LogP contribution in [0.4, 0.5) is 5.95 Å². The monoisotopic (exact) mass is 417 g/mol. The molecule has 0 bridgehead atoms. The van der Waals surface area contributed by atoms with E-state index in [0.29, 0.717) is 5.65 Å². The van der Waals surface area contributed by atoms with Crippen LogP contribution in [0.5, 0.6) is 0 Å². The molecule has 8 N–H and O–H groups in total. The number of nitrogen functional groups attached to an aromatic ring is 1. The normalized spacial score (nSPS) is 11.0. The fraction of sp³-hybridized carbons (Fsp3) is 0.429. The van der Waals surface area contributed by atoms with Gasteiger partial charge in [-0.05, 0) is 0 Å². The summed E-state index contributed by atoms with van der Waals surface area (Å²) in [5.41, 5.74) is 2.87. The zero-order valence-corrected chi connectivity index (χ0v) is 14.8. The summed E-state index contributed by atoms with van der Waals surface area (Å²) in [6.45, 7) is 0.300. The molecule has 0 saturated heterocycles. The number of nitrogens with two attached hydrogens (primary N) is 1. The molecule has 0 aliphatic rings. The van der Waals surface area contributed by atoms with Crippen molar-refractivity contribution < 1.29 is 44.7 Å². The Morgan fingerprint density at radius 1 is 1.21 bits per heavy atom. The summed E-state index contributed by atoms with van der Waals surface area (Å²) in [4.78, 5) is 52.1. The molecule has 2 aromatic rings. The van der Waals surface area contributed by atoms with Crippen molar-refractivity contribution in [3.8, 4) is 0 Å². The van der Waals surface area contributed by atoms with E-state index in [1.165, 1.54) is 10.9 Å². The van der Waals surface area contributed by atoms with E-state index in [0.717, 1.165) is 0 Å². The molecule has 0 unspecified atom stereocenters. The van der Waals surface area contributed by atoms with Gasteiger partial charge in [-0.2, -0.15) is 4.98 Å². The van der Waals surface area contributed by atoms with Crippen LogP contribution >= 0.6 is 0 Å². The molecule has 0 spiro atoms. The largest absolute Gasteiger partial charge is 0.481 e. The molecular formula is C14H19N5O10. The van der Waals surface area contributed by atoms with Crippen LogP contribution in [0.3, 0.4) is 0 Å². The van der Waals surface area contributed by atoms with Gasteiger partial charge in [-0.1, -0.05) is 0 Å². The number of rotatable bonds is 9. The Kier molecular flexibility index (Phi) is 8.19. The van der Waals surface area contributed by atoms with Crippen LogP contribution in [0.15, 0.2) is 11.1 Å². The van der Waals surface area contributed by atoms with Gasteiger partial charge < -0.3 is 36.0 Å². The maximum atomic E-state index is 11.4. The Morgan fingerprint density at radius 3 is 2.28 bits per heavy atom. The predicted molar refractivity (Wildman–Crippen MR) is 92.7 cm³/mol. The van der Waals surface area contributed by atoms with Crippen molar-refractivity contribution in [1.29, 1.82) is 0 Å². The zero-order chi connectivity index (χ0) is 22.2. The maximum absolute atomic E-state index is 11.4. The maximum Gasteiger partial charge on any atom is 0.336 e. The minimum absolute atomic E-state index is 0.0291. The third kappa shape index (κ3) is 6.83. The van der Waals surface area contributed by atoms with Crippen molar-refractivity contribution in [3.63, 3.8) is 0 Å². The number of hydrogen-bond acceptors (Lipinski definition) is 10. The number of aliphatic hydroxyl groups is 2. The van der Waals surface area contributed by atoms with Crippen LogP contribution in [-0.4, -0.2) is 81.8 Å². The Labute approximate surface area is 161 Å². The average Bonchev–Trinajstić information content (AvgIpc) is 2.97. The molecule has 0 radical (unpaired) electrons. The van der Waals surface area contributed by atoms with Crippen molar-refractivity contribution in [2.24, 2.45) is 0 Å². The number of fused-ring (bicyclic) bond motifs is 1. The lowest BCUT2D eigenvalue weighted by molar-refractivity contribution is -0.170. The van der Waals surface area contributed by atoms with Crippen molar-refractivity contribution in [2.75, 3.05) is 18.9 Å². The van der Waals surface area contributed by atoms with E-state index in [-0.39, 0.29) is 37.0 Å². The van der Waals surface area contributed by atoms with E-state index >= 15 is 0 Å². The van der Waals surface area contributed by atoms with Gasteiger partial charge in [0.2, 0.25) is 5.95 Å². The molecule has 2 rings (SSSR count). The second kappa shape index (κ2) is 10.1. The van der Waals surface area contributed by atoms with Crippen LogP contribution in [0.2, 0.25) is 0 Å². The van der Waals surface area contributed by atoms with Gasteiger partial charge in [-0.25, -0.2) is 9.78 Å². The second-order valence-corrected chi connectivity index (χ2v) is 5.58. The molecule has 0 saturated carbocycles. The van der Waals surface area contributed by atoms with E-state index in [9.17, 15) is 19.2 Å². The van der Waals surface area contributed by atoms with E-state index in [1.807, 2.05) is 0 Å². The molecule has 160 valence electrons. The summed E-state index contributed by atoms with van der Waals surface area (Å²) in [5.74, 6) is -4.99. The van der Waals surface area contributed by atoms with Crippen LogP contribution in [-0.2, 0) is 25.9 Å². The lowest BCUT2D eigenvalue weighted by atomic mass is 9.96. The number of imidazole rings is 1. The summed E-state index contributed by atoms with van der Waals surface area (Å²) in [6, 6.07) is 0. The number of nitrogens with one attached hydrogen (secondary N) is 1. The lowest BCUT2D eigenvalue weighted by Crippen LogP contribution is -2.42. The number of H-pyrrole nitrogens is 1. The first kappa shape index (κ1) is 23.5. The highest BCUT2D eigenvalue weighted by atomic mass is 16.5. The standard InChI is InChI=1S/C8H11N5O3.C6H8O7/c9-8-11-6-5(7(15)12-8)10-3-13(6)4-16-2-1-14;7-3(8)1-6(13,5(11)12)2-4(9)10/h3,14H,1-2,4H2,(H3,9,11,12,15);13H,1-2H2,(H,7,8)(H,9,10)(H,11,12). The highest BCUT2D eigenvalue weighted by Gasteiger charge is 2.40. The number of carbonyl (C=O) groups is 3. The van der Waals surface area contributed by atoms with Gasteiger partial charge in [-0.3, -0.25) is 23.9 Å². The summed E-state index contributed by atoms with van der Waals surface area (Å²) in [5, 5.41) is 42.4. The van der Waals surface area contributed by atoms with Crippen LogP contribution in [0.25, 0.3) is 11.2 Å². The number of ether oxygens (including phenoxy) is 1. The summed E-state index contributed by atoms with van der Waals surface area (Å²) in [6.07, 6.45) is -0.854. The lowest BCUT2D eigenvalue weighted by Gasteiger charge is -2.18. The van der Waals surface area contributed by atoms with Crippen LogP contribution < -0.4 is 11.3 Å². The first-order valence-corrected chi connectivity index (χ1v) is 7.78. The van der Waals surface area contributed by atoms with E-state index in [1.54, 1.807) is 0 Å². The number of anilines is 1.